The van der Waals surface area contributed by atoms with E-state index in [4.69, 9.17) is 0 Å². The van der Waals surface area contributed by atoms with E-state index in [2.05, 4.69) is 21.2 Å². The first-order valence-corrected chi connectivity index (χ1v) is 15.4. The number of hydrogen-bond acceptors (Lipinski definition) is 4. The van der Waals surface area contributed by atoms with Crippen molar-refractivity contribution in [3.05, 3.63) is 130 Å². The van der Waals surface area contributed by atoms with Gasteiger partial charge in [0, 0.05) is 24.5 Å². The van der Waals surface area contributed by atoms with Crippen LogP contribution in [-0.2, 0) is 32.6 Å². The number of halogens is 1. The van der Waals surface area contributed by atoms with E-state index in [-0.39, 0.29) is 23.8 Å². The maximum absolute atomic E-state index is 14.3. The van der Waals surface area contributed by atoms with Crippen molar-refractivity contribution in [2.45, 2.75) is 30.8 Å². The minimum absolute atomic E-state index is 0.0603. The van der Waals surface area contributed by atoms with E-state index in [1.165, 1.54) is 24.1 Å². The van der Waals surface area contributed by atoms with Gasteiger partial charge in [0.05, 0.1) is 10.6 Å². The molecule has 7 nitrogen and oxygen atoms in total. The van der Waals surface area contributed by atoms with Crippen molar-refractivity contribution in [3.8, 4) is 0 Å². The third-order valence-corrected chi connectivity index (χ3v) is 8.94. The van der Waals surface area contributed by atoms with Crippen molar-refractivity contribution < 1.29 is 18.0 Å². The van der Waals surface area contributed by atoms with Crippen molar-refractivity contribution in [2.24, 2.45) is 0 Å². The number of sulfonamides is 1. The topological polar surface area (TPSA) is 86.8 Å². The molecule has 9 heteroatoms. The number of rotatable bonds is 11. The zero-order valence-electron chi connectivity index (χ0n) is 22.9. The molecule has 0 fully saturated rings. The number of hydrogen-bond donors (Lipinski definition) is 1. The molecule has 0 unspecified atom stereocenters. The van der Waals surface area contributed by atoms with E-state index in [9.17, 15) is 18.0 Å². The highest BCUT2D eigenvalue weighted by Crippen LogP contribution is 2.27. The molecule has 41 heavy (non-hydrogen) atoms. The van der Waals surface area contributed by atoms with Gasteiger partial charge in [0.2, 0.25) is 11.8 Å². The highest BCUT2D eigenvalue weighted by atomic mass is 79.9. The molecule has 4 aromatic rings. The fourth-order valence-corrected chi connectivity index (χ4v) is 6.42. The number of nitrogens with one attached hydrogen (secondary N) is 1. The van der Waals surface area contributed by atoms with Crippen LogP contribution in [0.4, 0.5) is 5.69 Å². The van der Waals surface area contributed by atoms with Gasteiger partial charge in [-0.3, -0.25) is 13.9 Å². The minimum Gasteiger partial charge on any atom is -0.357 e. The van der Waals surface area contributed by atoms with Crippen molar-refractivity contribution in [1.82, 2.24) is 10.2 Å². The van der Waals surface area contributed by atoms with Crippen molar-refractivity contribution >= 4 is 43.5 Å². The normalized spacial score (nSPS) is 11.9. The molecule has 0 aliphatic carbocycles. The summed E-state index contributed by atoms with van der Waals surface area (Å²) in [6.07, 6.45) is 0.264. The number of carbonyl (C=O) groups is 2. The molecule has 0 heterocycles. The predicted molar refractivity (Wildman–Crippen MR) is 165 cm³/mol. The average molecular weight is 635 g/mol. The van der Waals surface area contributed by atoms with E-state index in [0.717, 1.165) is 21.0 Å². The van der Waals surface area contributed by atoms with Gasteiger partial charge in [-0.15, -0.1) is 0 Å². The maximum atomic E-state index is 14.3. The molecule has 2 amide bonds. The molecule has 0 radical (unpaired) electrons. The first-order chi connectivity index (χ1) is 19.7. The van der Waals surface area contributed by atoms with Crippen molar-refractivity contribution in [3.63, 3.8) is 0 Å². The lowest BCUT2D eigenvalue weighted by Gasteiger charge is -2.33. The van der Waals surface area contributed by atoms with E-state index < -0.39 is 28.5 Å². The van der Waals surface area contributed by atoms with Crippen LogP contribution in [0.25, 0.3) is 0 Å². The van der Waals surface area contributed by atoms with Crippen LogP contribution in [0.2, 0.25) is 0 Å². The van der Waals surface area contributed by atoms with Gasteiger partial charge in [-0.25, -0.2) is 8.42 Å². The number of likely N-dealkylation sites (N-methyl/N-ethyl adjacent to an activating group) is 1. The van der Waals surface area contributed by atoms with Gasteiger partial charge in [-0.1, -0.05) is 100 Å². The summed E-state index contributed by atoms with van der Waals surface area (Å²) < 4.78 is 29.6. The van der Waals surface area contributed by atoms with Crippen LogP contribution in [0, 0.1) is 6.92 Å². The number of benzene rings is 4. The summed E-state index contributed by atoms with van der Waals surface area (Å²) in [5, 5.41) is 2.70. The second kappa shape index (κ2) is 13.6. The quantitative estimate of drug-likeness (QED) is 0.242. The summed E-state index contributed by atoms with van der Waals surface area (Å²) in [5.41, 5.74) is 3.05. The number of anilines is 1. The molecule has 1 N–H and O–H groups in total. The summed E-state index contributed by atoms with van der Waals surface area (Å²) in [6, 6.07) is 31.1. The van der Waals surface area contributed by atoms with Gasteiger partial charge in [-0.05, 0) is 48.4 Å². The van der Waals surface area contributed by atoms with E-state index in [1.807, 2.05) is 61.5 Å². The Bertz CT molecular complexity index is 1600. The second-order valence-corrected chi connectivity index (χ2v) is 12.4. The van der Waals surface area contributed by atoms with Crippen LogP contribution in [0.5, 0.6) is 0 Å². The Kier molecular flexibility index (Phi) is 9.96. The smallest absolute Gasteiger partial charge is 0.264 e. The number of nitrogens with zero attached hydrogens (tertiary/aromatic N) is 2. The summed E-state index contributed by atoms with van der Waals surface area (Å²) in [4.78, 5) is 29.1. The van der Waals surface area contributed by atoms with Crippen LogP contribution in [-0.4, -0.2) is 44.8 Å². The second-order valence-electron chi connectivity index (χ2n) is 9.64. The summed E-state index contributed by atoms with van der Waals surface area (Å²) in [5.74, 6) is -0.842. The van der Waals surface area contributed by atoms with Gasteiger partial charge < -0.3 is 10.2 Å². The molecule has 0 bridgehead atoms. The SMILES string of the molecule is CNC(=O)[C@@H](Cc1ccccc1)N(Cc1cccc(C)c1)C(=O)CN(c1cccc(Br)c1)S(=O)(=O)c1ccccc1. The summed E-state index contributed by atoms with van der Waals surface area (Å²) >= 11 is 3.42. The molecule has 0 saturated carbocycles. The number of carbonyl (C=O) groups excluding carboxylic acids is 2. The van der Waals surface area contributed by atoms with Crippen LogP contribution in [0.3, 0.4) is 0 Å². The molecular weight excluding hydrogens is 602 g/mol. The largest absolute Gasteiger partial charge is 0.357 e. The standard InChI is InChI=1S/C32H32BrN3O4S/c1-24-11-9-14-26(19-24)22-35(30(32(38)34-2)20-25-12-5-3-6-13-25)31(37)23-36(28-16-10-15-27(33)21-28)41(39,40)29-17-7-4-8-18-29/h3-19,21,30H,20,22-23H2,1-2H3,(H,34,38)/t30-/m1/s1. The van der Waals surface area contributed by atoms with Gasteiger partial charge in [-0.2, -0.15) is 0 Å². The Morgan fingerprint density at radius 1 is 0.829 bits per heavy atom. The van der Waals surface area contributed by atoms with Gasteiger partial charge in [0.15, 0.2) is 0 Å². The average Bonchev–Trinajstić information content (AvgIpc) is 2.98. The zero-order valence-corrected chi connectivity index (χ0v) is 25.3. The predicted octanol–water partition coefficient (Wildman–Crippen LogP) is 5.34. The highest BCUT2D eigenvalue weighted by Gasteiger charge is 2.34. The molecule has 0 aliphatic rings. The molecule has 0 aliphatic heterocycles. The molecular formula is C32H32BrN3O4S. The molecule has 0 saturated heterocycles. The molecule has 4 rings (SSSR count). The lowest BCUT2D eigenvalue weighted by molar-refractivity contribution is -0.139. The lowest BCUT2D eigenvalue weighted by atomic mass is 10.0. The Morgan fingerprint density at radius 3 is 2.10 bits per heavy atom. The van der Waals surface area contributed by atoms with Crippen LogP contribution in [0.15, 0.2) is 119 Å². The van der Waals surface area contributed by atoms with Crippen LogP contribution < -0.4 is 9.62 Å². The zero-order chi connectivity index (χ0) is 29.4. The van der Waals surface area contributed by atoms with Crippen LogP contribution >= 0.6 is 15.9 Å². The van der Waals surface area contributed by atoms with Gasteiger partial charge >= 0.3 is 0 Å². The molecule has 1 atom stereocenters. The molecule has 212 valence electrons. The summed E-state index contributed by atoms with van der Waals surface area (Å²) in [7, 11) is -2.59. The summed E-state index contributed by atoms with van der Waals surface area (Å²) in [6.45, 7) is 1.59. The Hall–Kier alpha value is -3.95. The fourth-order valence-electron chi connectivity index (χ4n) is 4.61. The van der Waals surface area contributed by atoms with Crippen molar-refractivity contribution in [1.29, 1.82) is 0 Å². The minimum atomic E-state index is -4.12. The van der Waals surface area contributed by atoms with Crippen LogP contribution in [0.1, 0.15) is 16.7 Å². The van der Waals surface area contributed by atoms with E-state index in [1.54, 1.807) is 42.5 Å². The maximum Gasteiger partial charge on any atom is 0.264 e. The first-order valence-electron chi connectivity index (χ1n) is 13.1. The Balaban J connectivity index is 1.78. The first kappa shape index (κ1) is 30.0. The monoisotopic (exact) mass is 633 g/mol. The molecule has 0 aromatic heterocycles. The van der Waals surface area contributed by atoms with Gasteiger partial charge in [0.1, 0.15) is 12.6 Å². The Morgan fingerprint density at radius 2 is 1.46 bits per heavy atom. The van der Waals surface area contributed by atoms with E-state index >= 15 is 0 Å². The molecule has 4 aromatic carbocycles. The Labute approximate surface area is 250 Å². The lowest BCUT2D eigenvalue weighted by Crippen LogP contribution is -2.53. The third kappa shape index (κ3) is 7.62. The number of aryl methyl sites for hydroxylation is 1. The number of amides is 2. The van der Waals surface area contributed by atoms with E-state index in [0.29, 0.717) is 10.2 Å². The third-order valence-electron chi connectivity index (χ3n) is 6.66. The highest BCUT2D eigenvalue weighted by molar-refractivity contribution is 9.10. The fraction of sp³-hybridized carbons (Fsp3) is 0.188. The van der Waals surface area contributed by atoms with Crippen molar-refractivity contribution in [2.75, 3.05) is 17.9 Å². The van der Waals surface area contributed by atoms with Gasteiger partial charge in [0.25, 0.3) is 10.0 Å². The molecule has 0 spiro atoms.